The predicted octanol–water partition coefficient (Wildman–Crippen LogP) is 3.95. The highest BCUT2D eigenvalue weighted by molar-refractivity contribution is 6.33. The van der Waals surface area contributed by atoms with E-state index in [4.69, 9.17) is 21.1 Å². The summed E-state index contributed by atoms with van der Waals surface area (Å²) in [5.74, 6) is 1.53. The molecule has 0 radical (unpaired) electrons. The van der Waals surface area contributed by atoms with Crippen LogP contribution < -0.4 is 9.47 Å². The van der Waals surface area contributed by atoms with Gasteiger partial charge in [0.05, 0.1) is 17.7 Å². The van der Waals surface area contributed by atoms with Crippen LogP contribution in [-0.2, 0) is 0 Å². The van der Waals surface area contributed by atoms with Crippen molar-refractivity contribution < 1.29 is 14.3 Å². The van der Waals surface area contributed by atoms with Gasteiger partial charge in [-0.1, -0.05) is 29.8 Å². The number of ether oxygens (including phenoxy) is 2. The van der Waals surface area contributed by atoms with Crippen molar-refractivity contribution in [2.24, 2.45) is 0 Å². The molecule has 0 amide bonds. The number of hydrogen-bond donors (Lipinski definition) is 0. The first-order valence-electron chi connectivity index (χ1n) is 5.31. The van der Waals surface area contributed by atoms with Crippen LogP contribution in [0.1, 0.15) is 10.4 Å². The van der Waals surface area contributed by atoms with Crippen molar-refractivity contribution in [2.75, 3.05) is 7.11 Å². The molecule has 0 unspecified atom stereocenters. The lowest BCUT2D eigenvalue weighted by Crippen LogP contribution is -1.93. The predicted molar refractivity (Wildman–Crippen MR) is 69.9 cm³/mol. The van der Waals surface area contributed by atoms with Crippen molar-refractivity contribution in [1.29, 1.82) is 0 Å². The van der Waals surface area contributed by atoms with Crippen molar-refractivity contribution in [2.45, 2.75) is 0 Å². The molecule has 0 aliphatic heterocycles. The maximum absolute atomic E-state index is 11.0. The first-order valence-corrected chi connectivity index (χ1v) is 5.68. The molecule has 2 aromatic rings. The van der Waals surface area contributed by atoms with Gasteiger partial charge in [-0.3, -0.25) is 4.79 Å². The number of carbonyl (C=O) groups is 1. The number of carbonyl (C=O) groups excluding carboxylic acids is 1. The smallest absolute Gasteiger partial charge is 0.169 e. The van der Waals surface area contributed by atoms with E-state index < -0.39 is 0 Å². The van der Waals surface area contributed by atoms with Crippen molar-refractivity contribution in [3.8, 4) is 17.2 Å². The number of aldehydes is 1. The second kappa shape index (κ2) is 5.56. The number of hydrogen-bond acceptors (Lipinski definition) is 3. The molecule has 2 aromatic carbocycles. The van der Waals surface area contributed by atoms with Gasteiger partial charge < -0.3 is 9.47 Å². The van der Waals surface area contributed by atoms with E-state index in [0.29, 0.717) is 34.1 Å². The molecule has 0 N–H and O–H groups in total. The zero-order valence-corrected chi connectivity index (χ0v) is 10.5. The van der Waals surface area contributed by atoms with Gasteiger partial charge in [-0.2, -0.15) is 0 Å². The fourth-order valence-electron chi connectivity index (χ4n) is 1.54. The molecule has 0 heterocycles. The molecule has 0 atom stereocenters. The lowest BCUT2D eigenvalue weighted by atomic mass is 10.2. The molecule has 3 nitrogen and oxygen atoms in total. The van der Waals surface area contributed by atoms with Crippen LogP contribution in [0.15, 0.2) is 42.5 Å². The topological polar surface area (TPSA) is 35.5 Å². The van der Waals surface area contributed by atoms with Crippen LogP contribution in [0.3, 0.4) is 0 Å². The van der Waals surface area contributed by atoms with Gasteiger partial charge in [-0.05, 0) is 24.3 Å². The monoisotopic (exact) mass is 262 g/mol. The Bertz CT molecular complexity index is 567. The molecule has 92 valence electrons. The SMILES string of the molecule is COc1ccccc1Oc1cccc(Cl)c1C=O. The zero-order chi connectivity index (χ0) is 13.0. The normalized spacial score (nSPS) is 9.89. The lowest BCUT2D eigenvalue weighted by molar-refractivity contribution is 0.112. The average molecular weight is 263 g/mol. The van der Waals surface area contributed by atoms with Crippen LogP contribution >= 0.6 is 11.6 Å². The largest absolute Gasteiger partial charge is 0.493 e. The summed E-state index contributed by atoms with van der Waals surface area (Å²) >= 11 is 5.93. The molecule has 18 heavy (non-hydrogen) atoms. The average Bonchev–Trinajstić information content (AvgIpc) is 2.40. The van der Waals surface area contributed by atoms with Gasteiger partial charge in [0.1, 0.15) is 5.75 Å². The quantitative estimate of drug-likeness (QED) is 0.783. The number of methoxy groups -OCH3 is 1. The molecule has 0 aromatic heterocycles. The molecule has 0 aliphatic rings. The molecular weight excluding hydrogens is 252 g/mol. The van der Waals surface area contributed by atoms with Crippen LogP contribution in [-0.4, -0.2) is 13.4 Å². The van der Waals surface area contributed by atoms with E-state index in [2.05, 4.69) is 0 Å². The number of halogens is 1. The summed E-state index contributed by atoms with van der Waals surface area (Å²) in [4.78, 5) is 11.0. The zero-order valence-electron chi connectivity index (χ0n) is 9.72. The van der Waals surface area contributed by atoms with Gasteiger partial charge in [-0.15, -0.1) is 0 Å². The van der Waals surface area contributed by atoms with E-state index in [9.17, 15) is 4.79 Å². The maximum atomic E-state index is 11.0. The highest BCUT2D eigenvalue weighted by atomic mass is 35.5. The molecule has 0 saturated carbocycles. The minimum absolute atomic E-state index is 0.324. The summed E-state index contributed by atoms with van der Waals surface area (Å²) in [6.45, 7) is 0. The Balaban J connectivity index is 2.40. The molecule has 0 saturated heterocycles. The van der Waals surface area contributed by atoms with E-state index in [-0.39, 0.29) is 0 Å². The van der Waals surface area contributed by atoms with E-state index in [0.717, 1.165) is 0 Å². The molecule has 4 heteroatoms. The standard InChI is InChI=1S/C14H11ClO3/c1-17-13-6-2-3-7-14(13)18-12-8-4-5-11(15)10(12)9-16/h2-9H,1H3. The van der Waals surface area contributed by atoms with Crippen molar-refractivity contribution in [1.82, 2.24) is 0 Å². The first kappa shape index (κ1) is 12.5. The first-order chi connectivity index (χ1) is 8.76. The fraction of sp³-hybridized carbons (Fsp3) is 0.0714. The summed E-state index contributed by atoms with van der Waals surface area (Å²) in [6.07, 6.45) is 0.674. The van der Waals surface area contributed by atoms with Crippen molar-refractivity contribution in [3.63, 3.8) is 0 Å². The van der Waals surface area contributed by atoms with Gasteiger partial charge >= 0.3 is 0 Å². The van der Waals surface area contributed by atoms with E-state index in [1.54, 1.807) is 37.4 Å². The van der Waals surface area contributed by atoms with Gasteiger partial charge in [0, 0.05) is 0 Å². The Labute approximate surface area is 110 Å². The van der Waals surface area contributed by atoms with Crippen LogP contribution in [0.5, 0.6) is 17.2 Å². The molecular formula is C14H11ClO3. The summed E-state index contributed by atoms with van der Waals surface area (Å²) < 4.78 is 10.8. The Morgan fingerprint density at radius 2 is 1.67 bits per heavy atom. The number of rotatable bonds is 4. The summed E-state index contributed by atoms with van der Waals surface area (Å²) in [5.41, 5.74) is 0.324. The summed E-state index contributed by atoms with van der Waals surface area (Å²) in [5, 5.41) is 0.359. The molecule has 0 bridgehead atoms. The highest BCUT2D eigenvalue weighted by Gasteiger charge is 2.10. The molecule has 0 spiro atoms. The number of benzene rings is 2. The Morgan fingerprint density at radius 1 is 1.00 bits per heavy atom. The minimum atomic E-state index is 0.324. The third-order valence-corrected chi connectivity index (χ3v) is 2.75. The molecule has 2 rings (SSSR count). The third-order valence-electron chi connectivity index (χ3n) is 2.42. The van der Waals surface area contributed by atoms with E-state index in [1.165, 1.54) is 0 Å². The van der Waals surface area contributed by atoms with Crippen LogP contribution in [0, 0.1) is 0 Å². The van der Waals surface area contributed by atoms with Crippen LogP contribution in [0.4, 0.5) is 0 Å². The van der Waals surface area contributed by atoms with Crippen molar-refractivity contribution in [3.05, 3.63) is 53.1 Å². The van der Waals surface area contributed by atoms with Gasteiger partial charge in [0.15, 0.2) is 17.8 Å². The van der Waals surface area contributed by atoms with Crippen LogP contribution in [0.2, 0.25) is 5.02 Å². The van der Waals surface area contributed by atoms with Gasteiger partial charge in [0.25, 0.3) is 0 Å². The summed E-state index contributed by atoms with van der Waals surface area (Å²) in [7, 11) is 1.56. The molecule has 0 aliphatic carbocycles. The van der Waals surface area contributed by atoms with Crippen LogP contribution in [0.25, 0.3) is 0 Å². The fourth-order valence-corrected chi connectivity index (χ4v) is 1.75. The second-order valence-corrected chi connectivity index (χ2v) is 3.93. The van der Waals surface area contributed by atoms with E-state index >= 15 is 0 Å². The Morgan fingerprint density at radius 3 is 2.33 bits per heavy atom. The summed E-state index contributed by atoms with van der Waals surface area (Å²) in [6, 6.07) is 12.2. The second-order valence-electron chi connectivity index (χ2n) is 3.52. The molecule has 0 fully saturated rings. The third kappa shape index (κ3) is 2.46. The lowest BCUT2D eigenvalue weighted by Gasteiger charge is -2.11. The Hall–Kier alpha value is -2.00. The Kier molecular flexibility index (Phi) is 3.85. The van der Waals surface area contributed by atoms with E-state index in [1.807, 2.05) is 12.1 Å². The maximum Gasteiger partial charge on any atom is 0.169 e. The van der Waals surface area contributed by atoms with Gasteiger partial charge in [-0.25, -0.2) is 0 Å². The number of para-hydroxylation sites is 2. The van der Waals surface area contributed by atoms with Crippen molar-refractivity contribution >= 4 is 17.9 Å². The highest BCUT2D eigenvalue weighted by Crippen LogP contribution is 2.34. The minimum Gasteiger partial charge on any atom is -0.493 e. The van der Waals surface area contributed by atoms with Gasteiger partial charge in [0.2, 0.25) is 0 Å².